The lowest BCUT2D eigenvalue weighted by Gasteiger charge is -2.26. The first-order valence-corrected chi connectivity index (χ1v) is 7.76. The third-order valence-electron chi connectivity index (χ3n) is 3.82. The van der Waals surface area contributed by atoms with Crippen LogP contribution < -0.4 is 10.2 Å². The molecule has 1 saturated heterocycles. The van der Waals surface area contributed by atoms with Crippen molar-refractivity contribution in [3.63, 3.8) is 0 Å². The summed E-state index contributed by atoms with van der Waals surface area (Å²) in [7, 11) is 2.15. The van der Waals surface area contributed by atoms with Gasteiger partial charge in [0.15, 0.2) is 0 Å². The highest BCUT2D eigenvalue weighted by Gasteiger charge is 2.21. The molecule has 0 radical (unpaired) electrons. The van der Waals surface area contributed by atoms with Gasteiger partial charge in [-0.1, -0.05) is 28.9 Å². The third kappa shape index (κ3) is 3.50. The Labute approximate surface area is 124 Å². The fourth-order valence-corrected chi connectivity index (χ4v) is 3.25. The van der Waals surface area contributed by atoms with Gasteiger partial charge in [0.25, 0.3) is 0 Å². The minimum atomic E-state index is 0.369. The van der Waals surface area contributed by atoms with Gasteiger partial charge in [0.05, 0.1) is 12.6 Å². The zero-order valence-electron chi connectivity index (χ0n) is 11.9. The Morgan fingerprint density at radius 3 is 2.89 bits per heavy atom. The van der Waals surface area contributed by atoms with Crippen molar-refractivity contribution in [2.45, 2.75) is 32.4 Å². The number of rotatable bonds is 5. The second-order valence-corrected chi connectivity index (χ2v) is 5.97. The van der Waals surface area contributed by atoms with E-state index in [-0.39, 0.29) is 0 Å². The van der Waals surface area contributed by atoms with Crippen molar-refractivity contribution in [1.82, 2.24) is 5.32 Å². The average molecular weight is 327 g/mol. The van der Waals surface area contributed by atoms with Gasteiger partial charge in [-0.05, 0) is 37.6 Å². The van der Waals surface area contributed by atoms with E-state index in [1.807, 2.05) is 0 Å². The molecule has 0 bridgehead atoms. The Balaban J connectivity index is 2.13. The van der Waals surface area contributed by atoms with Crippen LogP contribution in [0.2, 0.25) is 0 Å². The number of hydrogen-bond donors (Lipinski definition) is 1. The maximum absolute atomic E-state index is 5.46. The van der Waals surface area contributed by atoms with E-state index in [4.69, 9.17) is 4.74 Å². The predicted octanol–water partition coefficient (Wildman–Crippen LogP) is 3.34. The van der Waals surface area contributed by atoms with Gasteiger partial charge in [-0.2, -0.15) is 0 Å². The van der Waals surface area contributed by atoms with E-state index in [0.29, 0.717) is 12.1 Å². The summed E-state index contributed by atoms with van der Waals surface area (Å²) in [4.78, 5) is 2.32. The van der Waals surface area contributed by atoms with Crippen LogP contribution in [0.1, 0.15) is 31.9 Å². The predicted molar refractivity (Wildman–Crippen MR) is 83.9 cm³/mol. The molecule has 1 aromatic rings. The summed E-state index contributed by atoms with van der Waals surface area (Å²) in [6, 6.07) is 7.49. The summed E-state index contributed by atoms with van der Waals surface area (Å²) in [5, 5.41) is 3.44. The molecule has 3 nitrogen and oxygen atoms in total. The van der Waals surface area contributed by atoms with Gasteiger partial charge in [-0.3, -0.25) is 0 Å². The Hall–Kier alpha value is -0.580. The van der Waals surface area contributed by atoms with E-state index >= 15 is 0 Å². The van der Waals surface area contributed by atoms with E-state index in [1.165, 1.54) is 15.7 Å². The number of likely N-dealkylation sites (N-methyl/N-ethyl adjacent to an activating group) is 1. The van der Waals surface area contributed by atoms with E-state index in [1.54, 1.807) is 0 Å². The normalized spacial score (nSPS) is 20.5. The highest BCUT2D eigenvalue weighted by atomic mass is 79.9. The average Bonchev–Trinajstić information content (AvgIpc) is 2.91. The van der Waals surface area contributed by atoms with Crippen molar-refractivity contribution in [2.24, 2.45) is 0 Å². The number of nitrogens with zero attached hydrogens (tertiary/aromatic N) is 1. The molecule has 1 aliphatic rings. The van der Waals surface area contributed by atoms with E-state index in [9.17, 15) is 0 Å². The van der Waals surface area contributed by atoms with Crippen molar-refractivity contribution in [3.05, 3.63) is 28.2 Å². The molecule has 2 atom stereocenters. The van der Waals surface area contributed by atoms with Crippen LogP contribution in [0.4, 0.5) is 5.69 Å². The highest BCUT2D eigenvalue weighted by molar-refractivity contribution is 9.10. The molecule has 1 aromatic carbocycles. The molecule has 1 aliphatic heterocycles. The molecule has 2 rings (SSSR count). The molecule has 2 unspecified atom stereocenters. The summed E-state index contributed by atoms with van der Waals surface area (Å²) >= 11 is 3.70. The Bertz CT molecular complexity index is 419. The quantitative estimate of drug-likeness (QED) is 0.898. The molecule has 0 saturated carbocycles. The molecule has 0 amide bonds. The molecular weight excluding hydrogens is 304 g/mol. The summed E-state index contributed by atoms with van der Waals surface area (Å²) < 4.78 is 6.63. The molecule has 0 aliphatic carbocycles. The number of ether oxygens (including phenoxy) is 1. The van der Waals surface area contributed by atoms with Gasteiger partial charge in [0.2, 0.25) is 0 Å². The maximum Gasteiger partial charge on any atom is 0.0670 e. The number of benzene rings is 1. The lowest BCUT2D eigenvalue weighted by molar-refractivity contribution is 0.193. The zero-order valence-corrected chi connectivity index (χ0v) is 13.5. The number of anilines is 1. The molecule has 4 heteroatoms. The zero-order chi connectivity index (χ0) is 13.8. The molecular formula is C15H23BrN2O. The van der Waals surface area contributed by atoms with Crippen LogP contribution in [0, 0.1) is 0 Å². The Kier molecular flexibility index (Phi) is 5.25. The van der Waals surface area contributed by atoms with Crippen LogP contribution in [-0.2, 0) is 4.74 Å². The summed E-state index contributed by atoms with van der Waals surface area (Å²) in [5.74, 6) is 0. The van der Waals surface area contributed by atoms with Crippen molar-refractivity contribution < 1.29 is 4.74 Å². The summed E-state index contributed by atoms with van der Waals surface area (Å²) in [6.07, 6.45) is 1.11. The minimum absolute atomic E-state index is 0.369. The first-order chi connectivity index (χ1) is 9.13. The van der Waals surface area contributed by atoms with E-state index in [0.717, 1.165) is 26.2 Å². The number of hydrogen-bond acceptors (Lipinski definition) is 3. The second kappa shape index (κ2) is 6.73. The second-order valence-electron chi connectivity index (χ2n) is 5.11. The topological polar surface area (TPSA) is 24.5 Å². The van der Waals surface area contributed by atoms with Crippen molar-refractivity contribution in [2.75, 3.05) is 31.7 Å². The van der Waals surface area contributed by atoms with Gasteiger partial charge in [0, 0.05) is 29.9 Å². The van der Waals surface area contributed by atoms with Gasteiger partial charge in [0.1, 0.15) is 0 Å². The lowest BCUT2D eigenvalue weighted by Crippen LogP contribution is -2.31. The van der Waals surface area contributed by atoms with Crippen molar-refractivity contribution in [3.8, 4) is 0 Å². The fraction of sp³-hybridized carbons (Fsp3) is 0.600. The van der Waals surface area contributed by atoms with Crippen molar-refractivity contribution >= 4 is 21.6 Å². The monoisotopic (exact) mass is 326 g/mol. The number of halogens is 1. The van der Waals surface area contributed by atoms with Crippen molar-refractivity contribution in [1.29, 1.82) is 0 Å². The molecule has 1 heterocycles. The standard InChI is InChI=1S/C15H23BrN2O/c1-4-17-11(2)14-6-5-12(9-15(14)16)18(3)13-7-8-19-10-13/h5-6,9,11,13,17H,4,7-8,10H2,1-3H3. The van der Waals surface area contributed by atoms with Crippen LogP contribution in [0.15, 0.2) is 22.7 Å². The van der Waals surface area contributed by atoms with Gasteiger partial charge in [-0.15, -0.1) is 0 Å². The van der Waals surface area contributed by atoms with Crippen LogP contribution >= 0.6 is 15.9 Å². The largest absolute Gasteiger partial charge is 0.379 e. The summed E-state index contributed by atoms with van der Waals surface area (Å²) in [5.41, 5.74) is 2.55. The minimum Gasteiger partial charge on any atom is -0.379 e. The van der Waals surface area contributed by atoms with Gasteiger partial charge < -0.3 is 15.0 Å². The molecule has 106 valence electrons. The summed E-state index contributed by atoms with van der Waals surface area (Å²) in [6.45, 7) is 7.02. The molecule has 1 fully saturated rings. The lowest BCUT2D eigenvalue weighted by atomic mass is 10.1. The molecule has 1 N–H and O–H groups in total. The van der Waals surface area contributed by atoms with Crippen LogP contribution in [0.25, 0.3) is 0 Å². The molecule has 19 heavy (non-hydrogen) atoms. The third-order valence-corrected chi connectivity index (χ3v) is 4.51. The molecule has 0 spiro atoms. The Morgan fingerprint density at radius 2 is 2.32 bits per heavy atom. The molecule has 0 aromatic heterocycles. The first-order valence-electron chi connectivity index (χ1n) is 6.97. The smallest absolute Gasteiger partial charge is 0.0670 e. The number of nitrogens with one attached hydrogen (secondary N) is 1. The SMILES string of the molecule is CCNC(C)c1ccc(N(C)C2CCOC2)cc1Br. The Morgan fingerprint density at radius 1 is 1.53 bits per heavy atom. The van der Waals surface area contributed by atoms with E-state index in [2.05, 4.69) is 65.2 Å². The van der Waals surface area contributed by atoms with E-state index < -0.39 is 0 Å². The van der Waals surface area contributed by atoms with Crippen LogP contribution in [0.3, 0.4) is 0 Å². The first kappa shape index (κ1) is 14.8. The van der Waals surface area contributed by atoms with Gasteiger partial charge >= 0.3 is 0 Å². The maximum atomic E-state index is 5.46. The van der Waals surface area contributed by atoms with Crippen LogP contribution in [-0.4, -0.2) is 32.8 Å². The van der Waals surface area contributed by atoms with Gasteiger partial charge in [-0.25, -0.2) is 0 Å². The highest BCUT2D eigenvalue weighted by Crippen LogP contribution is 2.29. The van der Waals surface area contributed by atoms with Crippen LogP contribution in [0.5, 0.6) is 0 Å². The fourth-order valence-electron chi connectivity index (χ4n) is 2.54.